The lowest BCUT2D eigenvalue weighted by molar-refractivity contribution is 0.422. The van der Waals surface area contributed by atoms with Gasteiger partial charge in [0.25, 0.3) is 0 Å². The summed E-state index contributed by atoms with van der Waals surface area (Å²) in [5.41, 5.74) is 6.11. The van der Waals surface area contributed by atoms with Gasteiger partial charge in [-0.15, -0.1) is 11.6 Å². The molecule has 0 spiro atoms. The van der Waals surface area contributed by atoms with E-state index in [0.29, 0.717) is 21.8 Å². The highest BCUT2D eigenvalue weighted by Crippen LogP contribution is 2.29. The van der Waals surface area contributed by atoms with Crippen molar-refractivity contribution in [1.29, 1.82) is 0 Å². The normalized spacial score (nSPS) is 9.80. The van der Waals surface area contributed by atoms with Crippen LogP contribution in [-0.2, 0) is 5.88 Å². The summed E-state index contributed by atoms with van der Waals surface area (Å²) < 4.78 is 4.95. The van der Waals surface area contributed by atoms with E-state index in [2.05, 4.69) is 4.98 Å². The molecule has 5 heteroatoms. The zero-order valence-corrected chi connectivity index (χ0v) is 7.00. The Morgan fingerprint density at radius 3 is 2.90 bits per heavy atom. The Labute approximate surface area is 67.8 Å². The molecule has 56 valence electrons. The van der Waals surface area contributed by atoms with Crippen molar-refractivity contribution in [2.24, 2.45) is 0 Å². The van der Waals surface area contributed by atoms with Gasteiger partial charge in [0.05, 0.1) is 13.0 Å². The number of aromatic nitrogens is 1. The Morgan fingerprint density at radius 1 is 1.80 bits per heavy atom. The molecule has 0 fully saturated rings. The van der Waals surface area contributed by atoms with Gasteiger partial charge in [0.2, 0.25) is 0 Å². The summed E-state index contributed by atoms with van der Waals surface area (Å²) in [4.78, 5) is 3.94. The van der Waals surface area contributed by atoms with Gasteiger partial charge < -0.3 is 10.5 Å². The van der Waals surface area contributed by atoms with Gasteiger partial charge in [0, 0.05) is 0 Å². The highest BCUT2D eigenvalue weighted by Gasteiger charge is 2.07. The topological polar surface area (TPSA) is 48.1 Å². The van der Waals surface area contributed by atoms with E-state index < -0.39 is 0 Å². The van der Waals surface area contributed by atoms with Gasteiger partial charge in [-0.2, -0.15) is 0 Å². The fourth-order valence-electron chi connectivity index (χ4n) is 0.599. The zero-order valence-electron chi connectivity index (χ0n) is 5.43. The average Bonchev–Trinajstić information content (AvgIpc) is 2.30. The molecule has 0 radical (unpaired) electrons. The first-order valence-corrected chi connectivity index (χ1v) is 3.98. The maximum atomic E-state index is 5.53. The van der Waals surface area contributed by atoms with Crippen molar-refractivity contribution >= 4 is 28.1 Å². The number of halogens is 1. The van der Waals surface area contributed by atoms with Gasteiger partial charge in [-0.25, -0.2) is 4.98 Å². The third-order valence-electron chi connectivity index (χ3n) is 0.990. The van der Waals surface area contributed by atoms with Crippen LogP contribution in [0.2, 0.25) is 0 Å². The maximum absolute atomic E-state index is 5.53. The van der Waals surface area contributed by atoms with E-state index in [0.717, 1.165) is 0 Å². The van der Waals surface area contributed by atoms with E-state index in [4.69, 9.17) is 22.1 Å². The van der Waals surface area contributed by atoms with E-state index in [1.807, 2.05) is 0 Å². The minimum Gasteiger partial charge on any atom is -0.486 e. The highest BCUT2D eigenvalue weighted by atomic mass is 35.5. The SMILES string of the molecule is COc1sc(N)nc1CCl. The van der Waals surface area contributed by atoms with Crippen LogP contribution in [0.5, 0.6) is 5.06 Å². The molecule has 0 saturated heterocycles. The van der Waals surface area contributed by atoms with Crippen LogP contribution in [0.4, 0.5) is 5.13 Å². The van der Waals surface area contributed by atoms with Gasteiger partial charge in [0.1, 0.15) is 5.69 Å². The minimum absolute atomic E-state index is 0.344. The molecule has 2 N–H and O–H groups in total. The molecule has 3 nitrogen and oxygen atoms in total. The van der Waals surface area contributed by atoms with E-state index in [-0.39, 0.29) is 0 Å². The number of nitrogens with two attached hydrogens (primary N) is 1. The van der Waals surface area contributed by atoms with Crippen molar-refractivity contribution in [2.75, 3.05) is 12.8 Å². The molecule has 0 aromatic carbocycles. The molecule has 0 aliphatic rings. The zero-order chi connectivity index (χ0) is 7.56. The summed E-state index contributed by atoms with van der Waals surface area (Å²) in [6, 6.07) is 0. The first-order chi connectivity index (χ1) is 4.77. The first kappa shape index (κ1) is 7.63. The van der Waals surface area contributed by atoms with Crippen molar-refractivity contribution < 1.29 is 4.74 Å². The van der Waals surface area contributed by atoms with Crippen molar-refractivity contribution in [3.05, 3.63) is 5.69 Å². The second kappa shape index (κ2) is 3.07. The lowest BCUT2D eigenvalue weighted by Gasteiger charge is -1.92. The Morgan fingerprint density at radius 2 is 2.50 bits per heavy atom. The number of hydrogen-bond donors (Lipinski definition) is 1. The van der Waals surface area contributed by atoms with Gasteiger partial charge >= 0.3 is 0 Å². The number of thiazole rings is 1. The molecule has 0 aliphatic heterocycles. The maximum Gasteiger partial charge on any atom is 0.200 e. The second-order valence-electron chi connectivity index (χ2n) is 1.62. The summed E-state index contributed by atoms with van der Waals surface area (Å²) in [6.45, 7) is 0. The number of alkyl halides is 1. The van der Waals surface area contributed by atoms with Crippen LogP contribution in [0.25, 0.3) is 0 Å². The van der Waals surface area contributed by atoms with Crippen molar-refractivity contribution in [3.63, 3.8) is 0 Å². The quantitative estimate of drug-likeness (QED) is 0.698. The fourth-order valence-corrected chi connectivity index (χ4v) is 1.52. The van der Waals surface area contributed by atoms with Crippen LogP contribution in [-0.4, -0.2) is 12.1 Å². The predicted molar refractivity (Wildman–Crippen MR) is 42.6 cm³/mol. The number of anilines is 1. The molecule has 0 unspecified atom stereocenters. The second-order valence-corrected chi connectivity index (χ2v) is 2.88. The third kappa shape index (κ3) is 1.33. The van der Waals surface area contributed by atoms with Crippen molar-refractivity contribution in [2.45, 2.75) is 5.88 Å². The molecule has 0 aliphatic carbocycles. The lowest BCUT2D eigenvalue weighted by atomic mass is 10.5. The van der Waals surface area contributed by atoms with Crippen molar-refractivity contribution in [3.8, 4) is 5.06 Å². The molecule has 0 saturated carbocycles. The molecular formula is C5H7ClN2OS. The van der Waals surface area contributed by atoms with E-state index in [9.17, 15) is 0 Å². The molecule has 0 bridgehead atoms. The molecular weight excluding hydrogens is 172 g/mol. The molecule has 0 atom stereocenters. The summed E-state index contributed by atoms with van der Waals surface area (Å²) in [6.07, 6.45) is 0. The Hall–Kier alpha value is -0.480. The fraction of sp³-hybridized carbons (Fsp3) is 0.400. The molecule has 1 aromatic rings. The number of nitrogens with zero attached hydrogens (tertiary/aromatic N) is 1. The van der Waals surface area contributed by atoms with E-state index in [1.54, 1.807) is 7.11 Å². The van der Waals surface area contributed by atoms with Gasteiger partial charge in [-0.3, -0.25) is 0 Å². The smallest absolute Gasteiger partial charge is 0.200 e. The standard InChI is InChI=1S/C5H7ClN2OS/c1-9-4-3(2-6)8-5(7)10-4/h2H2,1H3,(H2,7,8). The van der Waals surface area contributed by atoms with Crippen molar-refractivity contribution in [1.82, 2.24) is 4.98 Å². The number of methoxy groups -OCH3 is 1. The first-order valence-electron chi connectivity index (χ1n) is 2.63. The number of rotatable bonds is 2. The van der Waals surface area contributed by atoms with Crippen LogP contribution in [0.3, 0.4) is 0 Å². The summed E-state index contributed by atoms with van der Waals surface area (Å²) >= 11 is 6.83. The van der Waals surface area contributed by atoms with Crippen LogP contribution < -0.4 is 10.5 Å². The van der Waals surface area contributed by atoms with Crippen LogP contribution in [0, 0.1) is 0 Å². The van der Waals surface area contributed by atoms with E-state index >= 15 is 0 Å². The predicted octanol–water partition coefficient (Wildman–Crippen LogP) is 1.47. The third-order valence-corrected chi connectivity index (χ3v) is 2.13. The molecule has 1 rings (SSSR count). The Kier molecular flexibility index (Phi) is 2.34. The summed E-state index contributed by atoms with van der Waals surface area (Å²) in [5, 5.41) is 1.19. The minimum atomic E-state index is 0.344. The molecule has 10 heavy (non-hydrogen) atoms. The highest BCUT2D eigenvalue weighted by molar-refractivity contribution is 7.17. The number of nitrogen functional groups attached to an aromatic ring is 1. The molecule has 1 heterocycles. The van der Waals surface area contributed by atoms with Gasteiger partial charge in [-0.05, 0) is 0 Å². The molecule has 0 amide bonds. The Balaban J connectivity index is 2.96. The summed E-state index contributed by atoms with van der Waals surface area (Å²) in [7, 11) is 1.57. The van der Waals surface area contributed by atoms with E-state index in [1.165, 1.54) is 11.3 Å². The Bertz CT molecular complexity index is 204. The number of hydrogen-bond acceptors (Lipinski definition) is 4. The lowest BCUT2D eigenvalue weighted by Crippen LogP contribution is -1.85. The van der Waals surface area contributed by atoms with Crippen LogP contribution >= 0.6 is 22.9 Å². The number of ether oxygens (including phenoxy) is 1. The van der Waals surface area contributed by atoms with Gasteiger partial charge in [-0.1, -0.05) is 11.3 Å². The monoisotopic (exact) mass is 178 g/mol. The largest absolute Gasteiger partial charge is 0.486 e. The van der Waals surface area contributed by atoms with Crippen LogP contribution in [0.15, 0.2) is 0 Å². The summed E-state index contributed by atoms with van der Waals surface area (Å²) in [5.74, 6) is 0.344. The van der Waals surface area contributed by atoms with Crippen LogP contribution in [0.1, 0.15) is 5.69 Å². The average molecular weight is 179 g/mol. The van der Waals surface area contributed by atoms with Gasteiger partial charge in [0.15, 0.2) is 10.2 Å². The molecule has 1 aromatic heterocycles.